The summed E-state index contributed by atoms with van der Waals surface area (Å²) in [6.07, 6.45) is 0. The molecule has 2 rings (SSSR count). The van der Waals surface area contributed by atoms with Gasteiger partial charge in [0, 0.05) is 25.2 Å². The number of carbonyl (C=O) groups is 1. The van der Waals surface area contributed by atoms with E-state index in [1.54, 1.807) is 12.0 Å². The molecule has 0 aromatic heterocycles. The largest absolute Gasteiger partial charge is 0.496 e. The van der Waals surface area contributed by atoms with Crippen molar-refractivity contribution in [3.63, 3.8) is 0 Å². The minimum absolute atomic E-state index is 0.0222. The van der Waals surface area contributed by atoms with E-state index in [4.69, 9.17) is 9.47 Å². The molecule has 0 bridgehead atoms. The van der Waals surface area contributed by atoms with Crippen LogP contribution >= 0.6 is 0 Å². The molecular weight excluding hydrogens is 328 g/mol. The average Bonchev–Trinajstić information content (AvgIpc) is 2.67. The van der Waals surface area contributed by atoms with Gasteiger partial charge in [-0.2, -0.15) is 0 Å². The Kier molecular flexibility index (Phi) is 7.48. The van der Waals surface area contributed by atoms with Crippen molar-refractivity contribution >= 4 is 5.91 Å². The summed E-state index contributed by atoms with van der Waals surface area (Å²) < 4.78 is 10.8. The molecule has 5 heteroatoms. The van der Waals surface area contributed by atoms with Gasteiger partial charge in [-0.15, -0.1) is 0 Å². The van der Waals surface area contributed by atoms with Crippen molar-refractivity contribution < 1.29 is 14.3 Å². The maximum Gasteiger partial charge on any atom is 0.236 e. The first kappa shape index (κ1) is 19.8. The molecule has 2 aromatic rings. The molecule has 0 fully saturated rings. The Labute approximate surface area is 155 Å². The molecule has 0 aliphatic carbocycles. The molecule has 0 saturated heterocycles. The molecule has 5 nitrogen and oxygen atoms in total. The van der Waals surface area contributed by atoms with Crippen molar-refractivity contribution in [3.8, 4) is 11.5 Å². The summed E-state index contributed by atoms with van der Waals surface area (Å²) in [4.78, 5) is 14.1. The maximum atomic E-state index is 12.4. The Hall–Kier alpha value is -2.53. The number of para-hydroxylation sites is 1. The van der Waals surface area contributed by atoms with Gasteiger partial charge in [-0.25, -0.2) is 0 Å². The number of hydrogen-bond donors (Lipinski definition) is 1. The normalized spacial score (nSPS) is 11.7. The predicted molar refractivity (Wildman–Crippen MR) is 103 cm³/mol. The highest BCUT2D eigenvalue weighted by Crippen LogP contribution is 2.24. The van der Waals surface area contributed by atoms with E-state index in [1.165, 1.54) is 0 Å². The van der Waals surface area contributed by atoms with Crippen LogP contribution in [0.5, 0.6) is 11.5 Å². The van der Waals surface area contributed by atoms with Gasteiger partial charge in [-0.3, -0.25) is 4.79 Å². The summed E-state index contributed by atoms with van der Waals surface area (Å²) in [6.45, 7) is 5.47. The standard InChI is InChI=1S/C21H28N2O3/c1-5-26-18-12-10-17(11-13-18)15-23(3)21(24)14-22-16(2)19-8-6-7-9-20(19)25-4/h6-13,16,22H,5,14-15H2,1-4H3/t16-/m1/s1. The molecule has 1 atom stereocenters. The molecule has 0 heterocycles. The van der Waals surface area contributed by atoms with E-state index in [0.717, 1.165) is 22.6 Å². The molecule has 0 aliphatic heterocycles. The molecule has 1 N–H and O–H groups in total. The van der Waals surface area contributed by atoms with Gasteiger partial charge in [0.15, 0.2) is 0 Å². The number of benzene rings is 2. The summed E-state index contributed by atoms with van der Waals surface area (Å²) in [5, 5.41) is 3.27. The molecule has 0 aliphatic rings. The second-order valence-corrected chi connectivity index (χ2v) is 6.17. The predicted octanol–water partition coefficient (Wildman–Crippen LogP) is 3.40. The van der Waals surface area contributed by atoms with Crippen molar-refractivity contribution in [2.24, 2.45) is 0 Å². The summed E-state index contributed by atoms with van der Waals surface area (Å²) >= 11 is 0. The van der Waals surface area contributed by atoms with Crippen molar-refractivity contribution in [3.05, 3.63) is 59.7 Å². The number of hydrogen-bond acceptors (Lipinski definition) is 4. The zero-order valence-electron chi connectivity index (χ0n) is 16.0. The van der Waals surface area contributed by atoms with Crippen molar-refractivity contribution in [2.75, 3.05) is 27.3 Å². The number of amides is 1. The van der Waals surface area contributed by atoms with Gasteiger partial charge in [-0.1, -0.05) is 30.3 Å². The Morgan fingerprint density at radius 1 is 1.15 bits per heavy atom. The maximum absolute atomic E-state index is 12.4. The molecule has 0 radical (unpaired) electrons. The van der Waals surface area contributed by atoms with Gasteiger partial charge in [0.05, 0.1) is 20.3 Å². The van der Waals surface area contributed by atoms with Gasteiger partial charge in [0.25, 0.3) is 0 Å². The Morgan fingerprint density at radius 3 is 2.50 bits per heavy atom. The van der Waals surface area contributed by atoms with Crippen LogP contribution in [0, 0.1) is 0 Å². The van der Waals surface area contributed by atoms with Gasteiger partial charge >= 0.3 is 0 Å². The van der Waals surface area contributed by atoms with E-state index in [2.05, 4.69) is 5.32 Å². The third kappa shape index (κ3) is 5.49. The lowest BCUT2D eigenvalue weighted by Crippen LogP contribution is -2.36. The molecule has 2 aromatic carbocycles. The Bertz CT molecular complexity index is 701. The van der Waals surface area contributed by atoms with E-state index in [1.807, 2.05) is 69.4 Å². The second-order valence-electron chi connectivity index (χ2n) is 6.17. The highest BCUT2D eigenvalue weighted by atomic mass is 16.5. The molecule has 0 spiro atoms. The smallest absolute Gasteiger partial charge is 0.236 e. The molecule has 140 valence electrons. The molecule has 1 amide bonds. The molecule has 0 saturated carbocycles. The fraction of sp³-hybridized carbons (Fsp3) is 0.381. The number of likely N-dealkylation sites (N-methyl/N-ethyl adjacent to an activating group) is 1. The molecular formula is C21H28N2O3. The van der Waals surface area contributed by atoms with E-state index in [-0.39, 0.29) is 18.5 Å². The second kappa shape index (κ2) is 9.82. The Balaban J connectivity index is 1.86. The van der Waals surface area contributed by atoms with E-state index in [0.29, 0.717) is 13.2 Å². The number of nitrogens with one attached hydrogen (secondary N) is 1. The molecule has 26 heavy (non-hydrogen) atoms. The number of rotatable bonds is 9. The van der Waals surface area contributed by atoms with Crippen molar-refractivity contribution in [2.45, 2.75) is 26.4 Å². The third-order valence-electron chi connectivity index (χ3n) is 4.24. The van der Waals surface area contributed by atoms with Gasteiger partial charge in [-0.05, 0) is 37.6 Å². The number of methoxy groups -OCH3 is 1. The van der Waals surface area contributed by atoms with E-state index >= 15 is 0 Å². The van der Waals surface area contributed by atoms with Crippen LogP contribution in [-0.4, -0.2) is 38.1 Å². The lowest BCUT2D eigenvalue weighted by atomic mass is 10.1. The summed E-state index contributed by atoms with van der Waals surface area (Å²) in [6, 6.07) is 15.7. The number of carbonyl (C=O) groups excluding carboxylic acids is 1. The van der Waals surface area contributed by atoms with Crippen LogP contribution < -0.4 is 14.8 Å². The zero-order valence-corrected chi connectivity index (χ0v) is 16.0. The van der Waals surface area contributed by atoms with Crippen molar-refractivity contribution in [1.29, 1.82) is 0 Å². The highest BCUT2D eigenvalue weighted by Gasteiger charge is 2.14. The average molecular weight is 356 g/mol. The first-order valence-corrected chi connectivity index (χ1v) is 8.87. The van der Waals surface area contributed by atoms with Crippen LogP contribution in [0.15, 0.2) is 48.5 Å². The minimum Gasteiger partial charge on any atom is -0.496 e. The van der Waals surface area contributed by atoms with Crippen molar-refractivity contribution in [1.82, 2.24) is 10.2 Å². The first-order valence-electron chi connectivity index (χ1n) is 8.87. The van der Waals surface area contributed by atoms with Crippen LogP contribution in [0.1, 0.15) is 31.0 Å². The fourth-order valence-corrected chi connectivity index (χ4v) is 2.73. The van der Waals surface area contributed by atoms with E-state index in [9.17, 15) is 4.79 Å². The Morgan fingerprint density at radius 2 is 1.85 bits per heavy atom. The van der Waals surface area contributed by atoms with Crippen LogP contribution in [0.25, 0.3) is 0 Å². The highest BCUT2D eigenvalue weighted by molar-refractivity contribution is 5.78. The molecule has 0 unspecified atom stereocenters. The van der Waals surface area contributed by atoms with Gasteiger partial charge in [0.2, 0.25) is 5.91 Å². The monoisotopic (exact) mass is 356 g/mol. The van der Waals surface area contributed by atoms with Gasteiger partial charge < -0.3 is 19.7 Å². The minimum atomic E-state index is 0.0222. The van der Waals surface area contributed by atoms with Crippen LogP contribution in [0.3, 0.4) is 0 Å². The van der Waals surface area contributed by atoms with Crippen LogP contribution in [0.4, 0.5) is 0 Å². The lowest BCUT2D eigenvalue weighted by Gasteiger charge is -2.21. The first-order chi connectivity index (χ1) is 12.5. The number of nitrogens with zero attached hydrogens (tertiary/aromatic N) is 1. The quantitative estimate of drug-likeness (QED) is 0.748. The van der Waals surface area contributed by atoms with Crippen LogP contribution in [0.2, 0.25) is 0 Å². The third-order valence-corrected chi connectivity index (χ3v) is 4.24. The van der Waals surface area contributed by atoms with Gasteiger partial charge in [0.1, 0.15) is 11.5 Å². The van der Waals surface area contributed by atoms with Crippen LogP contribution in [-0.2, 0) is 11.3 Å². The summed E-state index contributed by atoms with van der Waals surface area (Å²) in [5.74, 6) is 1.71. The topological polar surface area (TPSA) is 50.8 Å². The SMILES string of the molecule is CCOc1ccc(CN(C)C(=O)CN[C@H](C)c2ccccc2OC)cc1. The zero-order chi connectivity index (χ0) is 18.9. The van der Waals surface area contributed by atoms with E-state index < -0.39 is 0 Å². The summed E-state index contributed by atoms with van der Waals surface area (Å²) in [5.41, 5.74) is 2.11. The fourth-order valence-electron chi connectivity index (χ4n) is 2.73. The summed E-state index contributed by atoms with van der Waals surface area (Å²) in [7, 11) is 3.47. The number of ether oxygens (including phenoxy) is 2. The lowest BCUT2D eigenvalue weighted by molar-refractivity contribution is -0.129.